The van der Waals surface area contributed by atoms with Crippen molar-refractivity contribution < 1.29 is 13.9 Å². The van der Waals surface area contributed by atoms with Crippen LogP contribution < -0.4 is 0 Å². The minimum atomic E-state index is -0.430. The number of carbonyl (C=O) groups excluding carboxylic acids is 1. The molecule has 20 heavy (non-hydrogen) atoms. The lowest BCUT2D eigenvalue weighted by Crippen LogP contribution is -2.33. The van der Waals surface area contributed by atoms with Gasteiger partial charge in [0.1, 0.15) is 12.4 Å². The van der Waals surface area contributed by atoms with Crippen LogP contribution in [-0.4, -0.2) is 30.1 Å². The van der Waals surface area contributed by atoms with Crippen molar-refractivity contribution in [3.05, 3.63) is 35.1 Å². The van der Waals surface area contributed by atoms with Gasteiger partial charge in [-0.2, -0.15) is 5.26 Å². The van der Waals surface area contributed by atoms with Crippen molar-refractivity contribution in [1.82, 2.24) is 4.90 Å². The molecule has 0 bridgehead atoms. The minimum absolute atomic E-state index is 0.0560. The molecule has 108 valence electrons. The molecular weight excluding hydrogens is 259 g/mol. The highest BCUT2D eigenvalue weighted by atomic mass is 19.1. The van der Waals surface area contributed by atoms with Crippen molar-refractivity contribution in [1.29, 1.82) is 5.26 Å². The molecular formula is C15H19FN2O2. The largest absolute Gasteiger partial charge is 0.366 e. The van der Waals surface area contributed by atoms with Crippen LogP contribution in [0.15, 0.2) is 18.2 Å². The van der Waals surface area contributed by atoms with Gasteiger partial charge in [0, 0.05) is 19.2 Å². The van der Waals surface area contributed by atoms with Crippen LogP contribution in [0.4, 0.5) is 4.39 Å². The number of halogens is 1. The molecule has 0 N–H and O–H groups in total. The van der Waals surface area contributed by atoms with Crippen LogP contribution in [-0.2, 0) is 16.1 Å². The zero-order chi connectivity index (χ0) is 15.3. The molecule has 0 aliphatic carbocycles. The molecule has 0 aliphatic heterocycles. The predicted octanol–water partition coefficient (Wildman–Crippen LogP) is 2.47. The van der Waals surface area contributed by atoms with Crippen LogP contribution in [0, 0.1) is 17.1 Å². The second kappa shape index (κ2) is 6.49. The second-order valence-corrected chi connectivity index (χ2v) is 5.57. The summed E-state index contributed by atoms with van der Waals surface area (Å²) in [5, 5.41) is 8.80. The Bertz CT molecular complexity index is 530. The Hall–Kier alpha value is -1.93. The number of benzene rings is 1. The summed E-state index contributed by atoms with van der Waals surface area (Å²) in [4.78, 5) is 13.3. The van der Waals surface area contributed by atoms with E-state index in [9.17, 15) is 9.18 Å². The Morgan fingerprint density at radius 3 is 2.65 bits per heavy atom. The first kappa shape index (κ1) is 16.1. The zero-order valence-corrected chi connectivity index (χ0v) is 12.2. The summed E-state index contributed by atoms with van der Waals surface area (Å²) in [5.41, 5.74) is 0.284. The summed E-state index contributed by atoms with van der Waals surface area (Å²) in [5.74, 6) is -0.665. The first-order chi connectivity index (χ1) is 9.23. The molecule has 0 aliphatic rings. The fraction of sp³-hybridized carbons (Fsp3) is 0.467. The Labute approximate surface area is 118 Å². The van der Waals surface area contributed by atoms with Gasteiger partial charge in [-0.3, -0.25) is 4.79 Å². The maximum Gasteiger partial charge on any atom is 0.248 e. The van der Waals surface area contributed by atoms with E-state index in [1.54, 1.807) is 7.05 Å². The molecule has 5 heteroatoms. The van der Waals surface area contributed by atoms with Crippen LogP contribution in [0.1, 0.15) is 31.9 Å². The van der Waals surface area contributed by atoms with E-state index in [-0.39, 0.29) is 19.1 Å². The van der Waals surface area contributed by atoms with Crippen molar-refractivity contribution >= 4 is 5.91 Å². The predicted molar refractivity (Wildman–Crippen MR) is 73.3 cm³/mol. The van der Waals surface area contributed by atoms with Gasteiger partial charge in [-0.15, -0.1) is 0 Å². The molecule has 1 aromatic carbocycles. The molecule has 0 radical (unpaired) electrons. The number of carbonyl (C=O) groups is 1. The Balaban J connectivity index is 2.68. The van der Waals surface area contributed by atoms with E-state index in [0.717, 1.165) is 0 Å². The molecule has 1 amide bonds. The third-order valence-electron chi connectivity index (χ3n) is 2.64. The molecule has 0 spiro atoms. The van der Waals surface area contributed by atoms with E-state index in [1.807, 2.05) is 26.8 Å². The normalized spacial score (nSPS) is 11.0. The zero-order valence-electron chi connectivity index (χ0n) is 12.2. The number of ether oxygens (including phenoxy) is 1. The minimum Gasteiger partial charge on any atom is -0.366 e. The molecule has 1 rings (SSSR count). The van der Waals surface area contributed by atoms with Crippen LogP contribution in [0.3, 0.4) is 0 Å². The van der Waals surface area contributed by atoms with Crippen LogP contribution in [0.25, 0.3) is 0 Å². The fourth-order valence-electron chi connectivity index (χ4n) is 1.50. The second-order valence-electron chi connectivity index (χ2n) is 5.57. The van der Waals surface area contributed by atoms with E-state index in [2.05, 4.69) is 0 Å². The highest BCUT2D eigenvalue weighted by Crippen LogP contribution is 2.13. The Kier molecular flexibility index (Phi) is 5.23. The average molecular weight is 278 g/mol. The van der Waals surface area contributed by atoms with Crippen molar-refractivity contribution in [3.63, 3.8) is 0 Å². The number of likely N-dealkylation sites (N-methyl/N-ethyl adjacent to an activating group) is 1. The van der Waals surface area contributed by atoms with Crippen molar-refractivity contribution in [2.24, 2.45) is 0 Å². The number of hydrogen-bond donors (Lipinski definition) is 0. The highest BCUT2D eigenvalue weighted by Gasteiger charge is 2.16. The van der Waals surface area contributed by atoms with Gasteiger partial charge in [-0.1, -0.05) is 0 Å². The lowest BCUT2D eigenvalue weighted by molar-refractivity contribution is -0.140. The summed E-state index contributed by atoms with van der Waals surface area (Å²) < 4.78 is 19.0. The van der Waals surface area contributed by atoms with E-state index in [4.69, 9.17) is 10.00 Å². The molecule has 0 aromatic heterocycles. The van der Waals surface area contributed by atoms with Gasteiger partial charge in [-0.05, 0) is 39.0 Å². The van der Waals surface area contributed by atoms with E-state index in [1.165, 1.54) is 23.1 Å². The first-order valence-corrected chi connectivity index (χ1v) is 6.29. The topological polar surface area (TPSA) is 53.3 Å². The monoisotopic (exact) mass is 278 g/mol. The average Bonchev–Trinajstić information content (AvgIpc) is 2.37. The molecule has 1 aromatic rings. The van der Waals surface area contributed by atoms with Crippen LogP contribution in [0.2, 0.25) is 0 Å². The molecule has 0 unspecified atom stereocenters. The summed E-state index contributed by atoms with van der Waals surface area (Å²) >= 11 is 0. The summed E-state index contributed by atoms with van der Waals surface area (Å²) in [6.45, 7) is 5.62. The van der Waals surface area contributed by atoms with E-state index >= 15 is 0 Å². The summed E-state index contributed by atoms with van der Waals surface area (Å²) in [6.07, 6.45) is 0. The lowest BCUT2D eigenvalue weighted by atomic mass is 10.1. The molecule has 0 atom stereocenters. The van der Waals surface area contributed by atoms with E-state index in [0.29, 0.717) is 11.1 Å². The van der Waals surface area contributed by atoms with Gasteiger partial charge in [0.2, 0.25) is 5.91 Å². The molecule has 0 saturated heterocycles. The van der Waals surface area contributed by atoms with Gasteiger partial charge in [0.25, 0.3) is 0 Å². The van der Waals surface area contributed by atoms with Gasteiger partial charge >= 0.3 is 0 Å². The summed E-state index contributed by atoms with van der Waals surface area (Å²) in [7, 11) is 1.58. The number of nitriles is 1. The molecule has 0 fully saturated rings. The van der Waals surface area contributed by atoms with Crippen LogP contribution >= 0.6 is 0 Å². The van der Waals surface area contributed by atoms with Crippen molar-refractivity contribution in [2.45, 2.75) is 32.9 Å². The van der Waals surface area contributed by atoms with Gasteiger partial charge in [0.15, 0.2) is 0 Å². The summed E-state index contributed by atoms with van der Waals surface area (Å²) in [6, 6.07) is 6.04. The lowest BCUT2D eigenvalue weighted by Gasteiger charge is -2.22. The van der Waals surface area contributed by atoms with Gasteiger partial charge in [0.05, 0.1) is 17.2 Å². The maximum atomic E-state index is 13.6. The number of hydrogen-bond acceptors (Lipinski definition) is 3. The maximum absolute atomic E-state index is 13.6. The van der Waals surface area contributed by atoms with E-state index < -0.39 is 11.4 Å². The standard InChI is InChI=1S/C15H19FN2O2/c1-15(2,3)20-10-14(19)18(4)9-12-7-11(8-17)5-6-13(12)16/h5-7H,9-10H2,1-4H3. The molecule has 0 saturated carbocycles. The van der Waals surface area contributed by atoms with Gasteiger partial charge < -0.3 is 9.64 Å². The molecule has 0 heterocycles. The first-order valence-electron chi connectivity index (χ1n) is 6.29. The van der Waals surface area contributed by atoms with Crippen LogP contribution in [0.5, 0.6) is 0 Å². The third kappa shape index (κ3) is 4.98. The Morgan fingerprint density at radius 1 is 1.45 bits per heavy atom. The number of nitrogens with zero attached hydrogens (tertiary/aromatic N) is 2. The fourth-order valence-corrected chi connectivity index (χ4v) is 1.50. The highest BCUT2D eigenvalue weighted by molar-refractivity contribution is 5.77. The number of rotatable bonds is 4. The smallest absolute Gasteiger partial charge is 0.248 e. The molecule has 4 nitrogen and oxygen atoms in total. The SMILES string of the molecule is CN(Cc1cc(C#N)ccc1F)C(=O)COC(C)(C)C. The van der Waals surface area contributed by atoms with Crippen molar-refractivity contribution in [3.8, 4) is 6.07 Å². The van der Waals surface area contributed by atoms with Gasteiger partial charge in [-0.25, -0.2) is 4.39 Å². The quantitative estimate of drug-likeness (QED) is 0.850. The third-order valence-corrected chi connectivity index (χ3v) is 2.64. The van der Waals surface area contributed by atoms with Crippen molar-refractivity contribution in [2.75, 3.05) is 13.7 Å². The number of amides is 1. The Morgan fingerprint density at radius 2 is 2.10 bits per heavy atom.